The highest BCUT2D eigenvalue weighted by Gasteiger charge is 2.24. The summed E-state index contributed by atoms with van der Waals surface area (Å²) >= 11 is 0. The van der Waals surface area contributed by atoms with E-state index in [1.165, 1.54) is 25.1 Å². The maximum atomic E-state index is 13.6. The lowest BCUT2D eigenvalue weighted by molar-refractivity contribution is -0.145. The van der Waals surface area contributed by atoms with Gasteiger partial charge in [0.2, 0.25) is 0 Å². The average Bonchev–Trinajstić information content (AvgIpc) is 2.31. The van der Waals surface area contributed by atoms with E-state index in [1.54, 1.807) is 0 Å². The van der Waals surface area contributed by atoms with E-state index in [4.69, 9.17) is 10.2 Å². The van der Waals surface area contributed by atoms with Crippen LogP contribution in [0, 0.1) is 12.7 Å². The van der Waals surface area contributed by atoms with Crippen molar-refractivity contribution in [1.29, 1.82) is 0 Å². The van der Waals surface area contributed by atoms with Gasteiger partial charge in [-0.2, -0.15) is 0 Å². The van der Waals surface area contributed by atoms with Crippen molar-refractivity contribution in [2.75, 3.05) is 0 Å². The minimum absolute atomic E-state index is 0.234. The van der Waals surface area contributed by atoms with Crippen LogP contribution in [0.5, 0.6) is 0 Å². The minimum Gasteiger partial charge on any atom is -0.481 e. The number of carbonyl (C=O) groups excluding carboxylic acids is 1. The molecule has 0 aliphatic heterocycles. The van der Waals surface area contributed by atoms with Gasteiger partial charge in [0.1, 0.15) is 11.9 Å². The number of hydrogen-bond acceptors (Lipinski definition) is 3. The summed E-state index contributed by atoms with van der Waals surface area (Å²) in [5, 5.41) is 19.3. The van der Waals surface area contributed by atoms with E-state index in [2.05, 4.69) is 0 Å². The predicted octanol–water partition coefficient (Wildman–Crippen LogP) is 0.792. The number of carboxylic acid groups (broad SMARTS) is 2. The molecule has 1 aromatic rings. The minimum atomic E-state index is -1.61. The Bertz CT molecular complexity index is 529. The molecule has 0 aliphatic rings. The topological polar surface area (TPSA) is 104 Å². The van der Waals surface area contributed by atoms with E-state index in [0.717, 1.165) is 0 Å². The van der Waals surface area contributed by atoms with E-state index >= 15 is 0 Å². The quantitative estimate of drug-likeness (QED) is 0.733. The third-order valence-corrected chi connectivity index (χ3v) is 2.42. The number of halogens is 1. The van der Waals surface area contributed by atoms with Gasteiger partial charge < -0.3 is 15.5 Å². The Kier molecular flexibility index (Phi) is 4.57. The molecule has 0 saturated carbocycles. The monoisotopic (exact) mass is 269 g/mol. The molecule has 0 bridgehead atoms. The molecule has 1 unspecified atom stereocenters. The molecule has 6 nitrogen and oxygen atoms in total. The van der Waals surface area contributed by atoms with Crippen molar-refractivity contribution in [3.05, 3.63) is 35.1 Å². The number of carboxylic acids is 2. The standard InChI is InChI=1S/C12H12FNO5/c1-6-3-2-4-7(10(6)13)11(17)14-8(12(18)19)5-9(15)16/h2-4,8H,5H2,1H3,(H,14,17)(H,15,16)(H,18,19). The first-order valence-corrected chi connectivity index (χ1v) is 5.33. The predicted molar refractivity (Wildman–Crippen MR) is 62.3 cm³/mol. The van der Waals surface area contributed by atoms with Crippen LogP contribution in [0.25, 0.3) is 0 Å². The number of carbonyl (C=O) groups is 3. The van der Waals surface area contributed by atoms with Gasteiger partial charge in [0, 0.05) is 0 Å². The summed E-state index contributed by atoms with van der Waals surface area (Å²) in [6.45, 7) is 1.46. The fourth-order valence-corrected chi connectivity index (χ4v) is 1.43. The zero-order chi connectivity index (χ0) is 14.6. The molecule has 0 fully saturated rings. The van der Waals surface area contributed by atoms with Gasteiger partial charge in [-0.3, -0.25) is 9.59 Å². The molecule has 7 heteroatoms. The molecule has 1 aromatic carbocycles. The average molecular weight is 269 g/mol. The first-order valence-electron chi connectivity index (χ1n) is 5.33. The van der Waals surface area contributed by atoms with Gasteiger partial charge in [-0.25, -0.2) is 9.18 Å². The van der Waals surface area contributed by atoms with Crippen LogP contribution >= 0.6 is 0 Å². The van der Waals surface area contributed by atoms with Crippen molar-refractivity contribution in [2.24, 2.45) is 0 Å². The Morgan fingerprint density at radius 2 is 1.95 bits per heavy atom. The zero-order valence-corrected chi connectivity index (χ0v) is 10.0. The number of benzene rings is 1. The van der Waals surface area contributed by atoms with Gasteiger partial charge in [0.15, 0.2) is 0 Å². The van der Waals surface area contributed by atoms with Gasteiger partial charge in [0.05, 0.1) is 12.0 Å². The molecule has 0 heterocycles. The van der Waals surface area contributed by atoms with Crippen LogP contribution in [0.3, 0.4) is 0 Å². The van der Waals surface area contributed by atoms with Crippen LogP contribution in [0.2, 0.25) is 0 Å². The first kappa shape index (κ1) is 14.6. The third kappa shape index (κ3) is 3.77. The molecule has 3 N–H and O–H groups in total. The lowest BCUT2D eigenvalue weighted by atomic mass is 10.1. The highest BCUT2D eigenvalue weighted by Crippen LogP contribution is 2.12. The third-order valence-electron chi connectivity index (χ3n) is 2.42. The summed E-state index contributed by atoms with van der Waals surface area (Å²) in [6, 6.07) is 2.49. The highest BCUT2D eigenvalue weighted by atomic mass is 19.1. The van der Waals surface area contributed by atoms with Gasteiger partial charge in [-0.05, 0) is 18.6 Å². The molecule has 19 heavy (non-hydrogen) atoms. The van der Waals surface area contributed by atoms with Crippen molar-refractivity contribution in [1.82, 2.24) is 5.32 Å². The van der Waals surface area contributed by atoms with E-state index in [-0.39, 0.29) is 11.1 Å². The summed E-state index contributed by atoms with van der Waals surface area (Å²) in [5.41, 5.74) is -0.0885. The van der Waals surface area contributed by atoms with Crippen LogP contribution < -0.4 is 5.32 Å². The Balaban J connectivity index is 2.91. The Hall–Kier alpha value is -2.44. The van der Waals surface area contributed by atoms with E-state index < -0.39 is 36.1 Å². The van der Waals surface area contributed by atoms with Gasteiger partial charge in [-0.1, -0.05) is 12.1 Å². The summed E-state index contributed by atoms with van der Waals surface area (Å²) in [5.74, 6) is -4.60. The Morgan fingerprint density at radius 3 is 2.47 bits per heavy atom. The second kappa shape index (κ2) is 5.94. The van der Waals surface area contributed by atoms with Crippen LogP contribution in [-0.4, -0.2) is 34.1 Å². The summed E-state index contributed by atoms with van der Waals surface area (Å²) in [7, 11) is 0. The lowest BCUT2D eigenvalue weighted by Gasteiger charge is -2.13. The van der Waals surface area contributed by atoms with Gasteiger partial charge in [0.25, 0.3) is 5.91 Å². The zero-order valence-electron chi connectivity index (χ0n) is 10.0. The lowest BCUT2D eigenvalue weighted by Crippen LogP contribution is -2.42. The number of aryl methyl sites for hydroxylation is 1. The molecular weight excluding hydrogens is 257 g/mol. The second-order valence-corrected chi connectivity index (χ2v) is 3.90. The highest BCUT2D eigenvalue weighted by molar-refractivity contribution is 5.97. The van der Waals surface area contributed by atoms with Crippen molar-refractivity contribution in [3.63, 3.8) is 0 Å². The van der Waals surface area contributed by atoms with Crippen molar-refractivity contribution in [3.8, 4) is 0 Å². The second-order valence-electron chi connectivity index (χ2n) is 3.90. The number of hydrogen-bond donors (Lipinski definition) is 3. The number of amides is 1. The van der Waals surface area contributed by atoms with Gasteiger partial charge in [-0.15, -0.1) is 0 Å². The van der Waals surface area contributed by atoms with E-state index in [9.17, 15) is 18.8 Å². The smallest absolute Gasteiger partial charge is 0.326 e. The fourth-order valence-electron chi connectivity index (χ4n) is 1.43. The molecule has 1 atom stereocenters. The summed E-state index contributed by atoms with van der Waals surface area (Å²) < 4.78 is 13.6. The Morgan fingerprint density at radius 1 is 1.32 bits per heavy atom. The number of rotatable bonds is 5. The van der Waals surface area contributed by atoms with E-state index in [1.807, 2.05) is 5.32 Å². The molecule has 0 radical (unpaired) electrons. The fraction of sp³-hybridized carbons (Fsp3) is 0.250. The summed E-state index contributed by atoms with van der Waals surface area (Å²) in [6.07, 6.45) is -0.783. The van der Waals surface area contributed by atoms with Crippen molar-refractivity contribution in [2.45, 2.75) is 19.4 Å². The molecular formula is C12H12FNO5. The maximum Gasteiger partial charge on any atom is 0.326 e. The van der Waals surface area contributed by atoms with Gasteiger partial charge >= 0.3 is 11.9 Å². The SMILES string of the molecule is Cc1cccc(C(=O)NC(CC(=O)O)C(=O)O)c1F. The molecule has 0 aromatic heterocycles. The van der Waals surface area contributed by atoms with Crippen molar-refractivity contribution < 1.29 is 29.0 Å². The first-order chi connectivity index (χ1) is 8.82. The molecule has 0 saturated heterocycles. The maximum absolute atomic E-state index is 13.6. The van der Waals surface area contributed by atoms with Crippen LogP contribution in [0.4, 0.5) is 4.39 Å². The normalized spacial score (nSPS) is 11.7. The van der Waals surface area contributed by atoms with Crippen LogP contribution in [0.1, 0.15) is 22.3 Å². The number of nitrogens with one attached hydrogen (secondary N) is 1. The molecule has 0 aliphatic carbocycles. The molecule has 0 spiro atoms. The molecule has 102 valence electrons. The van der Waals surface area contributed by atoms with Crippen LogP contribution in [-0.2, 0) is 9.59 Å². The van der Waals surface area contributed by atoms with E-state index in [0.29, 0.717) is 0 Å². The van der Waals surface area contributed by atoms with Crippen LogP contribution in [0.15, 0.2) is 18.2 Å². The largest absolute Gasteiger partial charge is 0.481 e. The van der Waals surface area contributed by atoms with Crippen molar-refractivity contribution >= 4 is 17.8 Å². The molecule has 1 rings (SSSR count). The summed E-state index contributed by atoms with van der Waals surface area (Å²) in [4.78, 5) is 33.0. The molecule has 1 amide bonds. The number of aliphatic carboxylic acids is 2. The Labute approximate surface area is 107 Å².